The molecular formula is C12H20O2. The fraction of sp³-hybridized carbons (Fsp3) is 0.917. The van der Waals surface area contributed by atoms with Crippen molar-refractivity contribution in [1.29, 1.82) is 0 Å². The van der Waals surface area contributed by atoms with Gasteiger partial charge >= 0.3 is 0 Å². The van der Waals surface area contributed by atoms with Gasteiger partial charge in [0.25, 0.3) is 0 Å². The SMILES string of the molecule is CC1CCCC2(CCC(C)(C=O)O2)C1. The number of rotatable bonds is 1. The minimum Gasteiger partial charge on any atom is -0.361 e. The van der Waals surface area contributed by atoms with Crippen LogP contribution in [0, 0.1) is 5.92 Å². The molecule has 3 atom stereocenters. The van der Waals surface area contributed by atoms with E-state index in [0.717, 1.165) is 37.9 Å². The van der Waals surface area contributed by atoms with Gasteiger partial charge in [-0.1, -0.05) is 19.8 Å². The van der Waals surface area contributed by atoms with Crippen molar-refractivity contribution in [3.63, 3.8) is 0 Å². The number of ether oxygens (including phenoxy) is 1. The smallest absolute Gasteiger partial charge is 0.151 e. The second-order valence-electron chi connectivity index (χ2n) is 5.42. The van der Waals surface area contributed by atoms with E-state index in [-0.39, 0.29) is 5.60 Å². The lowest BCUT2D eigenvalue weighted by atomic mass is 9.77. The Balaban J connectivity index is 2.08. The first kappa shape index (κ1) is 10.2. The van der Waals surface area contributed by atoms with E-state index < -0.39 is 5.60 Å². The Labute approximate surface area is 86.0 Å². The van der Waals surface area contributed by atoms with Gasteiger partial charge in [-0.3, -0.25) is 0 Å². The Bertz CT molecular complexity index is 238. The molecule has 1 saturated heterocycles. The monoisotopic (exact) mass is 196 g/mol. The lowest BCUT2D eigenvalue weighted by Crippen LogP contribution is -2.38. The van der Waals surface area contributed by atoms with E-state index in [1.165, 1.54) is 12.8 Å². The summed E-state index contributed by atoms with van der Waals surface area (Å²) in [6.07, 6.45) is 7.85. The number of aldehydes is 1. The van der Waals surface area contributed by atoms with E-state index in [9.17, 15) is 4.79 Å². The van der Waals surface area contributed by atoms with Gasteiger partial charge in [0, 0.05) is 0 Å². The topological polar surface area (TPSA) is 26.3 Å². The molecule has 0 bridgehead atoms. The van der Waals surface area contributed by atoms with Crippen molar-refractivity contribution in [3.05, 3.63) is 0 Å². The molecule has 0 aromatic rings. The number of carbonyl (C=O) groups excluding carboxylic acids is 1. The number of carbonyl (C=O) groups is 1. The molecule has 1 saturated carbocycles. The Morgan fingerprint density at radius 3 is 2.71 bits per heavy atom. The van der Waals surface area contributed by atoms with Crippen molar-refractivity contribution in [2.75, 3.05) is 0 Å². The zero-order chi connectivity index (χ0) is 10.2. The van der Waals surface area contributed by atoms with Crippen molar-refractivity contribution >= 4 is 6.29 Å². The Kier molecular flexibility index (Phi) is 2.42. The molecule has 0 radical (unpaired) electrons. The molecular weight excluding hydrogens is 176 g/mol. The van der Waals surface area contributed by atoms with Crippen molar-refractivity contribution < 1.29 is 9.53 Å². The first-order valence-corrected chi connectivity index (χ1v) is 5.74. The summed E-state index contributed by atoms with van der Waals surface area (Å²) in [6.45, 7) is 4.22. The lowest BCUT2D eigenvalue weighted by molar-refractivity contribution is -0.144. The van der Waals surface area contributed by atoms with Crippen LogP contribution in [-0.2, 0) is 9.53 Å². The summed E-state index contributed by atoms with van der Waals surface area (Å²) in [4.78, 5) is 10.9. The van der Waals surface area contributed by atoms with Gasteiger partial charge in [-0.2, -0.15) is 0 Å². The molecule has 14 heavy (non-hydrogen) atoms. The first-order chi connectivity index (χ1) is 6.58. The molecule has 1 spiro atoms. The summed E-state index contributed by atoms with van der Waals surface area (Å²) in [5, 5.41) is 0. The maximum Gasteiger partial charge on any atom is 0.151 e. The van der Waals surface area contributed by atoms with Gasteiger partial charge in [-0.15, -0.1) is 0 Å². The Morgan fingerprint density at radius 2 is 2.14 bits per heavy atom. The summed E-state index contributed by atoms with van der Waals surface area (Å²) >= 11 is 0. The maximum atomic E-state index is 10.9. The van der Waals surface area contributed by atoms with Gasteiger partial charge in [0.15, 0.2) is 6.29 Å². The molecule has 80 valence electrons. The quantitative estimate of drug-likeness (QED) is 0.603. The van der Waals surface area contributed by atoms with E-state index >= 15 is 0 Å². The predicted octanol–water partition coefficient (Wildman–Crippen LogP) is 2.70. The van der Waals surface area contributed by atoms with Crippen LogP contribution in [0.5, 0.6) is 0 Å². The Morgan fingerprint density at radius 1 is 1.36 bits per heavy atom. The third-order valence-electron chi connectivity index (χ3n) is 3.83. The van der Waals surface area contributed by atoms with Crippen LogP contribution < -0.4 is 0 Å². The van der Waals surface area contributed by atoms with E-state index in [4.69, 9.17) is 4.74 Å². The second kappa shape index (κ2) is 3.34. The highest BCUT2D eigenvalue weighted by molar-refractivity contribution is 5.62. The van der Waals surface area contributed by atoms with Gasteiger partial charge in [0.2, 0.25) is 0 Å². The van der Waals surface area contributed by atoms with Crippen molar-refractivity contribution in [2.45, 2.75) is 63.6 Å². The highest BCUT2D eigenvalue weighted by atomic mass is 16.5. The van der Waals surface area contributed by atoms with Crippen LogP contribution >= 0.6 is 0 Å². The Hall–Kier alpha value is -0.370. The highest BCUT2D eigenvalue weighted by Crippen LogP contribution is 2.46. The van der Waals surface area contributed by atoms with E-state index in [2.05, 4.69) is 6.92 Å². The van der Waals surface area contributed by atoms with Gasteiger partial charge < -0.3 is 9.53 Å². The first-order valence-electron chi connectivity index (χ1n) is 5.74. The third-order valence-corrected chi connectivity index (χ3v) is 3.83. The molecule has 2 fully saturated rings. The lowest BCUT2D eigenvalue weighted by Gasteiger charge is -2.37. The third kappa shape index (κ3) is 1.72. The molecule has 2 heteroatoms. The summed E-state index contributed by atoms with van der Waals surface area (Å²) in [7, 11) is 0. The standard InChI is InChI=1S/C12H20O2/c1-10-4-3-5-12(8-10)7-6-11(2,9-13)14-12/h9-10H,3-8H2,1-2H3. The van der Waals surface area contributed by atoms with Gasteiger partial charge in [-0.05, 0) is 38.5 Å². The predicted molar refractivity (Wildman–Crippen MR) is 55.2 cm³/mol. The largest absolute Gasteiger partial charge is 0.361 e. The molecule has 2 aliphatic rings. The van der Waals surface area contributed by atoms with Gasteiger partial charge in [0.05, 0.1) is 5.60 Å². The average molecular weight is 196 g/mol. The molecule has 0 amide bonds. The van der Waals surface area contributed by atoms with E-state index in [1.54, 1.807) is 0 Å². The van der Waals surface area contributed by atoms with Crippen LogP contribution in [0.3, 0.4) is 0 Å². The minimum absolute atomic E-state index is 0.0489. The van der Waals surface area contributed by atoms with Crippen molar-refractivity contribution in [1.82, 2.24) is 0 Å². The second-order valence-corrected chi connectivity index (χ2v) is 5.42. The molecule has 1 heterocycles. The molecule has 0 aromatic carbocycles. The van der Waals surface area contributed by atoms with Crippen LogP contribution in [0.25, 0.3) is 0 Å². The fourth-order valence-corrected chi connectivity index (χ4v) is 3.09. The van der Waals surface area contributed by atoms with E-state index in [0.29, 0.717) is 0 Å². The molecule has 3 unspecified atom stereocenters. The molecule has 2 rings (SSSR count). The van der Waals surface area contributed by atoms with E-state index in [1.807, 2.05) is 6.92 Å². The van der Waals surface area contributed by atoms with Crippen LogP contribution in [0.4, 0.5) is 0 Å². The average Bonchev–Trinajstić information content (AvgIpc) is 2.45. The molecule has 1 aliphatic heterocycles. The summed E-state index contributed by atoms with van der Waals surface area (Å²) in [5.74, 6) is 0.762. The van der Waals surface area contributed by atoms with Gasteiger partial charge in [-0.25, -0.2) is 0 Å². The molecule has 0 N–H and O–H groups in total. The van der Waals surface area contributed by atoms with Crippen molar-refractivity contribution in [2.24, 2.45) is 5.92 Å². The molecule has 2 nitrogen and oxygen atoms in total. The zero-order valence-corrected chi connectivity index (χ0v) is 9.21. The van der Waals surface area contributed by atoms with Crippen LogP contribution in [0.15, 0.2) is 0 Å². The van der Waals surface area contributed by atoms with Crippen LogP contribution in [0.1, 0.15) is 52.4 Å². The summed E-state index contributed by atoms with van der Waals surface area (Å²) in [6, 6.07) is 0. The number of hydrogen-bond donors (Lipinski definition) is 0. The molecule has 0 aromatic heterocycles. The van der Waals surface area contributed by atoms with Gasteiger partial charge in [0.1, 0.15) is 5.60 Å². The van der Waals surface area contributed by atoms with Crippen LogP contribution in [0.2, 0.25) is 0 Å². The normalized spacial score (nSPS) is 48.3. The summed E-state index contributed by atoms with van der Waals surface area (Å²) in [5.41, 5.74) is -0.440. The van der Waals surface area contributed by atoms with Crippen molar-refractivity contribution in [3.8, 4) is 0 Å². The number of hydrogen-bond acceptors (Lipinski definition) is 2. The maximum absolute atomic E-state index is 10.9. The summed E-state index contributed by atoms with van der Waals surface area (Å²) < 4.78 is 6.03. The highest BCUT2D eigenvalue weighted by Gasteiger charge is 2.47. The molecule has 1 aliphatic carbocycles. The zero-order valence-electron chi connectivity index (χ0n) is 9.21. The van der Waals surface area contributed by atoms with Crippen LogP contribution in [-0.4, -0.2) is 17.5 Å². The minimum atomic E-state index is -0.489. The fourth-order valence-electron chi connectivity index (χ4n) is 3.09.